The van der Waals surface area contributed by atoms with Crippen molar-refractivity contribution in [1.29, 1.82) is 0 Å². The smallest absolute Gasteiger partial charge is 0.180 e. The molecule has 0 bridgehead atoms. The van der Waals surface area contributed by atoms with E-state index in [0.717, 1.165) is 0 Å². The molecule has 0 aliphatic rings. The Kier molecular flexibility index (Phi) is 2.10. The highest BCUT2D eigenvalue weighted by Crippen LogP contribution is 2.24. The number of aldehydes is 1. The summed E-state index contributed by atoms with van der Waals surface area (Å²) in [5.74, 6) is -0.273. The Balaban J connectivity index is 2.60. The van der Waals surface area contributed by atoms with Gasteiger partial charge in [0.1, 0.15) is 5.82 Å². The lowest BCUT2D eigenvalue weighted by Gasteiger charge is -1.97. The monoisotopic (exact) mass is 191 g/mol. The summed E-state index contributed by atoms with van der Waals surface area (Å²) in [6.45, 7) is 0. The average Bonchev–Trinajstić information content (AvgIpc) is 2.66. The fourth-order valence-electron chi connectivity index (χ4n) is 1.18. The molecule has 2 rings (SSSR count). The molecule has 0 spiro atoms. The minimum absolute atomic E-state index is 0.165. The van der Waals surface area contributed by atoms with Crippen molar-refractivity contribution in [2.75, 3.05) is 0 Å². The van der Waals surface area contributed by atoms with Crippen LogP contribution in [0.4, 0.5) is 4.39 Å². The second-order valence-corrected chi connectivity index (χ2v) is 2.71. The van der Waals surface area contributed by atoms with E-state index < -0.39 is 5.82 Å². The quantitative estimate of drug-likeness (QED) is 0.684. The van der Waals surface area contributed by atoms with Crippen LogP contribution in [0.3, 0.4) is 0 Å². The van der Waals surface area contributed by atoms with Crippen LogP contribution in [0.5, 0.6) is 0 Å². The first kappa shape index (κ1) is 8.62. The minimum Gasteiger partial charge on any atom is -0.355 e. The second-order valence-electron chi connectivity index (χ2n) is 2.71. The lowest BCUT2D eigenvalue weighted by Crippen LogP contribution is -1.85. The topological polar surface area (TPSA) is 43.1 Å². The summed E-state index contributed by atoms with van der Waals surface area (Å²) < 4.78 is 18.1. The van der Waals surface area contributed by atoms with E-state index in [1.165, 1.54) is 18.3 Å². The summed E-state index contributed by atoms with van der Waals surface area (Å²) in [7, 11) is 0. The molecule has 0 N–H and O–H groups in total. The number of nitrogens with zero attached hydrogens (tertiary/aromatic N) is 1. The SMILES string of the molecule is O=Cc1cnoc1-c1ccccc1F. The van der Waals surface area contributed by atoms with Crippen molar-refractivity contribution in [3.63, 3.8) is 0 Å². The van der Waals surface area contributed by atoms with Gasteiger partial charge in [-0.1, -0.05) is 17.3 Å². The van der Waals surface area contributed by atoms with Crippen molar-refractivity contribution in [2.45, 2.75) is 0 Å². The van der Waals surface area contributed by atoms with Crippen LogP contribution in [-0.4, -0.2) is 11.4 Å². The molecule has 0 aliphatic heterocycles. The zero-order chi connectivity index (χ0) is 9.97. The number of benzene rings is 1. The van der Waals surface area contributed by atoms with Crippen molar-refractivity contribution in [3.05, 3.63) is 41.8 Å². The number of carbonyl (C=O) groups is 1. The molecular formula is C10H6FNO2. The van der Waals surface area contributed by atoms with Gasteiger partial charge in [-0.15, -0.1) is 0 Å². The number of carbonyl (C=O) groups excluding carboxylic acids is 1. The molecule has 4 heteroatoms. The Labute approximate surface area is 79.1 Å². The van der Waals surface area contributed by atoms with Crippen molar-refractivity contribution in [3.8, 4) is 11.3 Å². The third-order valence-electron chi connectivity index (χ3n) is 1.84. The minimum atomic E-state index is -0.438. The number of hydrogen-bond acceptors (Lipinski definition) is 3. The van der Waals surface area contributed by atoms with Crippen LogP contribution in [-0.2, 0) is 0 Å². The molecule has 0 unspecified atom stereocenters. The first-order valence-electron chi connectivity index (χ1n) is 3.97. The number of hydrogen-bond donors (Lipinski definition) is 0. The molecule has 0 fully saturated rings. The Morgan fingerprint density at radius 1 is 1.36 bits per heavy atom. The largest absolute Gasteiger partial charge is 0.355 e. The Morgan fingerprint density at radius 3 is 2.86 bits per heavy atom. The highest BCUT2D eigenvalue weighted by atomic mass is 19.1. The molecule has 0 atom stereocenters. The van der Waals surface area contributed by atoms with E-state index in [2.05, 4.69) is 5.16 Å². The van der Waals surface area contributed by atoms with E-state index >= 15 is 0 Å². The van der Waals surface area contributed by atoms with Crippen LogP contribution in [0.15, 0.2) is 35.0 Å². The average molecular weight is 191 g/mol. The fraction of sp³-hybridized carbons (Fsp3) is 0. The van der Waals surface area contributed by atoms with Crippen molar-refractivity contribution in [1.82, 2.24) is 5.16 Å². The van der Waals surface area contributed by atoms with Crippen LogP contribution in [0.2, 0.25) is 0 Å². The van der Waals surface area contributed by atoms with Crippen molar-refractivity contribution >= 4 is 6.29 Å². The zero-order valence-electron chi connectivity index (χ0n) is 7.11. The molecule has 0 saturated carbocycles. The predicted molar refractivity (Wildman–Crippen MR) is 47.3 cm³/mol. The van der Waals surface area contributed by atoms with Crippen LogP contribution in [0.25, 0.3) is 11.3 Å². The van der Waals surface area contributed by atoms with Crippen LogP contribution in [0, 0.1) is 5.82 Å². The Hall–Kier alpha value is -1.97. The predicted octanol–water partition coefficient (Wildman–Crippen LogP) is 2.29. The standard InChI is InChI=1S/C10H6FNO2/c11-9-4-2-1-3-8(9)10-7(6-13)5-12-14-10/h1-6H. The maximum Gasteiger partial charge on any atom is 0.180 e. The second kappa shape index (κ2) is 3.41. The first-order valence-corrected chi connectivity index (χ1v) is 3.97. The summed E-state index contributed by atoms with van der Waals surface area (Å²) in [4.78, 5) is 10.6. The van der Waals surface area contributed by atoms with E-state index in [0.29, 0.717) is 6.29 Å². The lowest BCUT2D eigenvalue weighted by atomic mass is 10.1. The Morgan fingerprint density at radius 2 is 2.14 bits per heavy atom. The van der Waals surface area contributed by atoms with Crippen molar-refractivity contribution < 1.29 is 13.7 Å². The van der Waals surface area contributed by atoms with Gasteiger partial charge in [0.25, 0.3) is 0 Å². The number of halogens is 1. The molecule has 0 aliphatic carbocycles. The van der Waals surface area contributed by atoms with Crippen molar-refractivity contribution in [2.24, 2.45) is 0 Å². The molecule has 70 valence electrons. The van der Waals surface area contributed by atoms with Gasteiger partial charge >= 0.3 is 0 Å². The molecule has 0 amide bonds. The maximum atomic E-state index is 13.3. The van der Waals surface area contributed by atoms with E-state index in [-0.39, 0.29) is 16.9 Å². The van der Waals surface area contributed by atoms with E-state index in [4.69, 9.17) is 4.52 Å². The molecule has 1 heterocycles. The molecule has 14 heavy (non-hydrogen) atoms. The number of rotatable bonds is 2. The fourth-order valence-corrected chi connectivity index (χ4v) is 1.18. The molecule has 1 aromatic carbocycles. The maximum absolute atomic E-state index is 13.3. The van der Waals surface area contributed by atoms with E-state index in [1.807, 2.05) is 0 Å². The van der Waals surface area contributed by atoms with Crippen LogP contribution < -0.4 is 0 Å². The van der Waals surface area contributed by atoms with Gasteiger partial charge in [0, 0.05) is 0 Å². The summed E-state index contributed by atoms with van der Waals surface area (Å²) in [5.41, 5.74) is 0.488. The highest BCUT2D eigenvalue weighted by Gasteiger charge is 2.13. The van der Waals surface area contributed by atoms with E-state index in [1.54, 1.807) is 12.1 Å². The third kappa shape index (κ3) is 1.31. The molecule has 0 radical (unpaired) electrons. The van der Waals surface area contributed by atoms with Gasteiger partial charge in [0.05, 0.1) is 17.3 Å². The summed E-state index contributed by atoms with van der Waals surface area (Å²) in [6, 6.07) is 6.06. The van der Waals surface area contributed by atoms with E-state index in [9.17, 15) is 9.18 Å². The third-order valence-corrected chi connectivity index (χ3v) is 1.84. The summed E-state index contributed by atoms with van der Waals surface area (Å²) in [5, 5.41) is 3.44. The molecule has 1 aromatic heterocycles. The Bertz CT molecular complexity index is 465. The van der Waals surface area contributed by atoms with Gasteiger partial charge in [-0.2, -0.15) is 0 Å². The lowest BCUT2D eigenvalue weighted by molar-refractivity contribution is 0.112. The van der Waals surface area contributed by atoms with Gasteiger partial charge in [0.15, 0.2) is 12.0 Å². The molecular weight excluding hydrogens is 185 g/mol. The molecule has 0 saturated heterocycles. The summed E-state index contributed by atoms with van der Waals surface area (Å²) >= 11 is 0. The van der Waals surface area contributed by atoms with Crippen LogP contribution in [0.1, 0.15) is 10.4 Å². The van der Waals surface area contributed by atoms with Gasteiger partial charge in [-0.25, -0.2) is 4.39 Å². The van der Waals surface area contributed by atoms with Gasteiger partial charge in [0.2, 0.25) is 0 Å². The molecule has 3 nitrogen and oxygen atoms in total. The molecule has 2 aromatic rings. The van der Waals surface area contributed by atoms with Gasteiger partial charge < -0.3 is 4.52 Å². The zero-order valence-corrected chi connectivity index (χ0v) is 7.11. The highest BCUT2D eigenvalue weighted by molar-refractivity contribution is 5.84. The number of aromatic nitrogens is 1. The normalized spacial score (nSPS) is 10.1. The summed E-state index contributed by atoms with van der Waals surface area (Å²) in [6.07, 6.45) is 1.84. The van der Waals surface area contributed by atoms with Crippen LogP contribution >= 0.6 is 0 Å². The van der Waals surface area contributed by atoms with Gasteiger partial charge in [-0.05, 0) is 12.1 Å². The first-order chi connectivity index (χ1) is 6.83. The van der Waals surface area contributed by atoms with Gasteiger partial charge in [-0.3, -0.25) is 4.79 Å².